The monoisotopic (exact) mass is 260 g/mol. The van der Waals surface area contributed by atoms with Crippen LogP contribution in [0.5, 0.6) is 0 Å². The summed E-state index contributed by atoms with van der Waals surface area (Å²) in [4.78, 5) is 2.92. The highest BCUT2D eigenvalue weighted by atomic mass is 127. The summed E-state index contributed by atoms with van der Waals surface area (Å²) in [6.45, 7) is 0. The van der Waals surface area contributed by atoms with Crippen LogP contribution in [0.15, 0.2) is 18.2 Å². The van der Waals surface area contributed by atoms with E-state index in [1.807, 2.05) is 0 Å². The van der Waals surface area contributed by atoms with E-state index in [1.165, 1.54) is 12.1 Å². The maximum Gasteiger partial charge on any atom is 0.123 e. The number of rotatable bonds is 0. The molecule has 0 saturated carbocycles. The highest BCUT2D eigenvalue weighted by molar-refractivity contribution is 14.1. The van der Waals surface area contributed by atoms with E-state index in [2.05, 4.69) is 33.8 Å². The lowest BCUT2D eigenvalue weighted by atomic mass is 10.2. The van der Waals surface area contributed by atoms with Crippen molar-refractivity contribution in [3.8, 4) is 0 Å². The van der Waals surface area contributed by atoms with Crippen molar-refractivity contribution in [2.75, 3.05) is 0 Å². The van der Waals surface area contributed by atoms with Crippen LogP contribution in [-0.2, 0) is 0 Å². The lowest BCUT2D eigenvalue weighted by molar-refractivity contribution is 0.629. The zero-order valence-corrected chi connectivity index (χ0v) is 7.65. The van der Waals surface area contributed by atoms with Crippen molar-refractivity contribution in [2.24, 2.45) is 0 Å². The Bertz CT molecular complexity index is 394. The predicted molar refractivity (Wildman–Crippen MR) is 49.8 cm³/mol. The average Bonchev–Trinajstić information content (AvgIpc) is 2.33. The van der Waals surface area contributed by atoms with E-state index >= 15 is 0 Å². The first-order valence-electron chi connectivity index (χ1n) is 3.12. The number of H-pyrrole nitrogens is 1. The number of hydrogen-bond donors (Lipinski definition) is 1. The van der Waals surface area contributed by atoms with E-state index in [0.717, 1.165) is 14.5 Å². The number of hydrogen-bond acceptors (Lipinski definition) is 0. The Kier molecular flexibility index (Phi) is 1.60. The number of nitrogens with one attached hydrogen (secondary N) is 1. The topological polar surface area (TPSA) is 15.8 Å². The number of benzene rings is 1. The third-order valence-electron chi connectivity index (χ3n) is 1.52. The van der Waals surface area contributed by atoms with E-state index < -0.39 is 0 Å². The molecule has 0 fully saturated rings. The molecule has 0 aliphatic rings. The molecular formula is C8H4FIN. The van der Waals surface area contributed by atoms with Crippen LogP contribution >= 0.6 is 22.6 Å². The van der Waals surface area contributed by atoms with Gasteiger partial charge in [-0.15, -0.1) is 0 Å². The van der Waals surface area contributed by atoms with Gasteiger partial charge >= 0.3 is 0 Å². The zero-order valence-electron chi connectivity index (χ0n) is 5.49. The first kappa shape index (κ1) is 7.09. The molecule has 3 heteroatoms. The predicted octanol–water partition coefficient (Wildman–Crippen LogP) is 2.71. The minimum atomic E-state index is -0.205. The molecule has 1 aromatic carbocycles. The summed E-state index contributed by atoms with van der Waals surface area (Å²) in [5, 5.41) is 0.894. The molecule has 0 spiro atoms. The highest BCUT2D eigenvalue weighted by Gasteiger charge is 2.00. The largest absolute Gasteiger partial charge is 0.352 e. The summed E-state index contributed by atoms with van der Waals surface area (Å²) >= 11 is 2.12. The molecule has 1 radical (unpaired) electrons. The van der Waals surface area contributed by atoms with Crippen LogP contribution in [0, 0.1) is 15.6 Å². The molecule has 0 bridgehead atoms. The molecule has 2 aromatic rings. The summed E-state index contributed by atoms with van der Waals surface area (Å²) < 4.78 is 13.6. The first-order chi connectivity index (χ1) is 5.27. The van der Waals surface area contributed by atoms with Crippen molar-refractivity contribution >= 4 is 33.5 Å². The van der Waals surface area contributed by atoms with Crippen LogP contribution < -0.4 is 0 Å². The molecule has 0 unspecified atom stereocenters. The molecule has 0 aliphatic carbocycles. The van der Waals surface area contributed by atoms with Crippen molar-refractivity contribution in [3.05, 3.63) is 33.8 Å². The number of aromatic nitrogens is 1. The number of halogens is 2. The third kappa shape index (κ3) is 1.13. The Morgan fingerprint density at radius 2 is 2.27 bits per heavy atom. The van der Waals surface area contributed by atoms with Gasteiger partial charge in [-0.2, -0.15) is 0 Å². The number of aromatic amines is 1. The maximum atomic E-state index is 12.7. The number of fused-ring (bicyclic) bond motifs is 1. The van der Waals surface area contributed by atoms with Gasteiger partial charge in [0.1, 0.15) is 5.82 Å². The van der Waals surface area contributed by atoms with Crippen LogP contribution in [-0.4, -0.2) is 4.98 Å². The molecule has 1 heterocycles. The van der Waals surface area contributed by atoms with Crippen LogP contribution in [0.4, 0.5) is 4.39 Å². The second-order valence-corrected chi connectivity index (χ2v) is 3.33. The Hall–Kier alpha value is -0.580. The van der Waals surface area contributed by atoms with Gasteiger partial charge in [0.25, 0.3) is 0 Å². The minimum absolute atomic E-state index is 0.205. The molecular weight excluding hydrogens is 256 g/mol. The SMILES string of the molecule is Fc1ccc2[nH][c]c(I)c2c1. The molecule has 11 heavy (non-hydrogen) atoms. The first-order valence-corrected chi connectivity index (χ1v) is 4.19. The van der Waals surface area contributed by atoms with Gasteiger partial charge in [0.15, 0.2) is 0 Å². The lowest BCUT2D eigenvalue weighted by Gasteiger charge is -1.89. The van der Waals surface area contributed by atoms with Crippen molar-refractivity contribution in [1.82, 2.24) is 4.98 Å². The summed E-state index contributed by atoms with van der Waals surface area (Å²) in [7, 11) is 0. The molecule has 1 nitrogen and oxygen atoms in total. The molecule has 1 N–H and O–H groups in total. The summed E-state index contributed by atoms with van der Waals surface area (Å²) in [6, 6.07) is 4.65. The standard InChI is InChI=1S/C8H4FIN/c9-5-1-2-8-6(3-5)7(10)4-11-8/h1-3,11H. The van der Waals surface area contributed by atoms with Crippen LogP contribution in [0.25, 0.3) is 10.9 Å². The highest BCUT2D eigenvalue weighted by Crippen LogP contribution is 2.19. The van der Waals surface area contributed by atoms with Gasteiger partial charge in [-0.1, -0.05) is 0 Å². The zero-order chi connectivity index (χ0) is 7.84. The molecule has 0 atom stereocenters. The fourth-order valence-corrected chi connectivity index (χ4v) is 1.58. The van der Waals surface area contributed by atoms with Crippen LogP contribution in [0.1, 0.15) is 0 Å². The Labute approximate surface area is 76.7 Å². The summed E-state index contributed by atoms with van der Waals surface area (Å²) in [5.74, 6) is -0.205. The van der Waals surface area contributed by atoms with Crippen LogP contribution in [0.2, 0.25) is 0 Å². The van der Waals surface area contributed by atoms with Gasteiger partial charge in [0.2, 0.25) is 0 Å². The van der Waals surface area contributed by atoms with E-state index in [1.54, 1.807) is 6.07 Å². The molecule has 0 amide bonds. The van der Waals surface area contributed by atoms with E-state index in [0.29, 0.717) is 0 Å². The Morgan fingerprint density at radius 3 is 3.09 bits per heavy atom. The van der Waals surface area contributed by atoms with Crippen LogP contribution in [0.3, 0.4) is 0 Å². The van der Waals surface area contributed by atoms with Gasteiger partial charge in [-0.3, -0.25) is 0 Å². The molecule has 0 aliphatic heterocycles. The molecule has 1 aromatic heterocycles. The fraction of sp³-hybridized carbons (Fsp3) is 0. The fourth-order valence-electron chi connectivity index (χ4n) is 0.997. The second-order valence-electron chi connectivity index (χ2n) is 2.25. The maximum absolute atomic E-state index is 12.7. The van der Waals surface area contributed by atoms with Crippen molar-refractivity contribution in [2.45, 2.75) is 0 Å². The van der Waals surface area contributed by atoms with Crippen molar-refractivity contribution < 1.29 is 4.39 Å². The van der Waals surface area contributed by atoms with E-state index in [-0.39, 0.29) is 5.82 Å². The van der Waals surface area contributed by atoms with Gasteiger partial charge in [0, 0.05) is 14.5 Å². The summed E-state index contributed by atoms with van der Waals surface area (Å²) in [6.07, 6.45) is 2.90. The second kappa shape index (κ2) is 2.48. The van der Waals surface area contributed by atoms with Gasteiger partial charge < -0.3 is 4.98 Å². The molecule has 55 valence electrons. The van der Waals surface area contributed by atoms with E-state index in [9.17, 15) is 4.39 Å². The molecule has 0 saturated heterocycles. The van der Waals surface area contributed by atoms with E-state index in [4.69, 9.17) is 0 Å². The Morgan fingerprint density at radius 1 is 1.45 bits per heavy atom. The van der Waals surface area contributed by atoms with Gasteiger partial charge in [-0.25, -0.2) is 4.39 Å². The summed E-state index contributed by atoms with van der Waals surface area (Å²) in [5.41, 5.74) is 0.927. The lowest BCUT2D eigenvalue weighted by Crippen LogP contribution is -1.72. The average molecular weight is 260 g/mol. The van der Waals surface area contributed by atoms with Crippen molar-refractivity contribution in [3.63, 3.8) is 0 Å². The van der Waals surface area contributed by atoms with Crippen molar-refractivity contribution in [1.29, 1.82) is 0 Å². The molecule has 2 rings (SSSR count). The quantitative estimate of drug-likeness (QED) is 0.701. The smallest absolute Gasteiger partial charge is 0.123 e. The third-order valence-corrected chi connectivity index (χ3v) is 2.38. The van der Waals surface area contributed by atoms with Gasteiger partial charge in [0.05, 0.1) is 6.20 Å². The Balaban J connectivity index is 2.87. The normalized spacial score (nSPS) is 10.7. The minimum Gasteiger partial charge on any atom is -0.352 e. The van der Waals surface area contributed by atoms with Gasteiger partial charge in [-0.05, 0) is 40.8 Å².